The first-order valence-electron chi connectivity index (χ1n) is 5.71. The van der Waals surface area contributed by atoms with Crippen molar-refractivity contribution in [3.05, 3.63) is 54.6 Å². The molecule has 0 bridgehead atoms. The summed E-state index contributed by atoms with van der Waals surface area (Å²) in [6.07, 6.45) is 0. The third-order valence-electron chi connectivity index (χ3n) is 2.60. The molecule has 20 heavy (non-hydrogen) atoms. The van der Waals surface area contributed by atoms with Gasteiger partial charge in [0.2, 0.25) is 0 Å². The summed E-state index contributed by atoms with van der Waals surface area (Å²) in [6, 6.07) is 18.6. The van der Waals surface area contributed by atoms with Crippen LogP contribution < -0.4 is 11.7 Å². The van der Waals surface area contributed by atoms with E-state index >= 15 is 0 Å². The number of hydrogen-bond donors (Lipinski definition) is 2. The minimum atomic E-state index is -2.48. The zero-order valence-corrected chi connectivity index (χ0v) is 11.3. The van der Waals surface area contributed by atoms with Gasteiger partial charge in [0.05, 0.1) is 15.2 Å². The minimum absolute atomic E-state index is 0.0833. The maximum Gasteiger partial charge on any atom is 0.507 e. The van der Waals surface area contributed by atoms with Gasteiger partial charge in [-0.2, -0.15) is 0 Å². The van der Waals surface area contributed by atoms with Crippen LogP contribution in [0, 0.1) is 0 Å². The van der Waals surface area contributed by atoms with Crippen molar-refractivity contribution in [3.63, 3.8) is 0 Å². The first kappa shape index (κ1) is 14.1. The second-order valence-electron chi connectivity index (χ2n) is 3.95. The zero-order chi connectivity index (χ0) is 14.5. The number of fused-ring (bicyclic) bond motifs is 2. The predicted octanol–water partition coefficient (Wildman–Crippen LogP) is 1.20. The van der Waals surface area contributed by atoms with Gasteiger partial charge in [-0.25, -0.2) is 4.98 Å². The number of nitrogens with zero attached hydrogens (tertiary/aromatic N) is 2. The monoisotopic (exact) mass is 289 g/mol. The molecule has 3 aromatic rings. The van der Waals surface area contributed by atoms with E-state index in [2.05, 4.69) is 34.9 Å². The molecule has 0 aliphatic carbocycles. The molecule has 6 nitrogen and oxygen atoms in total. The van der Waals surface area contributed by atoms with Crippen LogP contribution in [0.25, 0.3) is 21.8 Å². The van der Waals surface area contributed by atoms with Crippen LogP contribution in [0.2, 0.25) is 0 Å². The topological polar surface area (TPSA) is 102 Å². The predicted molar refractivity (Wildman–Crippen MR) is 76.8 cm³/mol. The molecule has 0 amide bonds. The number of benzene rings is 2. The van der Waals surface area contributed by atoms with Crippen molar-refractivity contribution in [2.45, 2.75) is 0 Å². The lowest BCUT2D eigenvalue weighted by Crippen LogP contribution is -2.25. The Kier molecular flexibility index (Phi) is 4.36. The van der Waals surface area contributed by atoms with Crippen molar-refractivity contribution in [1.29, 1.82) is 0 Å². The first-order chi connectivity index (χ1) is 9.58. The Bertz CT molecular complexity index is 774. The van der Waals surface area contributed by atoms with Crippen LogP contribution >= 0.6 is 0 Å². The van der Waals surface area contributed by atoms with Crippen molar-refractivity contribution in [2.75, 3.05) is 0 Å². The molecule has 0 saturated heterocycles. The van der Waals surface area contributed by atoms with Gasteiger partial charge in [0.25, 0.3) is 0 Å². The van der Waals surface area contributed by atoms with E-state index in [9.17, 15) is 8.42 Å². The summed E-state index contributed by atoms with van der Waals surface area (Å²) in [5, 5.41) is 2.40. The van der Waals surface area contributed by atoms with Crippen LogP contribution in [-0.4, -0.2) is 17.6 Å². The van der Waals surface area contributed by atoms with Crippen LogP contribution in [-0.2, 0) is 10.5 Å². The van der Waals surface area contributed by atoms with Crippen molar-refractivity contribution < 1.29 is 12.6 Å². The van der Waals surface area contributed by atoms with Gasteiger partial charge in [-0.15, -0.1) is 8.42 Å². The highest BCUT2D eigenvalue weighted by Crippen LogP contribution is 2.18. The fourth-order valence-corrected chi connectivity index (χ4v) is 1.72. The number of pyridine rings is 1. The van der Waals surface area contributed by atoms with Gasteiger partial charge in [0.1, 0.15) is 0 Å². The first-order valence-corrected chi connectivity index (χ1v) is 6.74. The molecule has 0 saturated carbocycles. The molecule has 0 fully saturated rings. The number of rotatable bonds is 0. The summed E-state index contributed by atoms with van der Waals surface area (Å²) >= 11 is 0. The van der Waals surface area contributed by atoms with E-state index in [1.165, 1.54) is 10.8 Å². The van der Waals surface area contributed by atoms with Gasteiger partial charge < -0.3 is 0 Å². The molecular formula is C13H13N4O2S+. The number of aromatic nitrogens is 1. The summed E-state index contributed by atoms with van der Waals surface area (Å²) in [7, 11) is -2.48. The Balaban J connectivity index is 0.000000212. The van der Waals surface area contributed by atoms with Crippen molar-refractivity contribution >= 4 is 32.3 Å². The smallest absolute Gasteiger partial charge is 0.248 e. The summed E-state index contributed by atoms with van der Waals surface area (Å²) in [6.45, 7) is 0. The third-order valence-corrected chi connectivity index (χ3v) is 2.94. The second kappa shape index (κ2) is 6.20. The fourth-order valence-electron chi connectivity index (χ4n) is 1.72. The van der Waals surface area contributed by atoms with Crippen LogP contribution in [0.3, 0.4) is 0 Å². The Hall–Kier alpha value is -2.35. The molecule has 4 N–H and O–H groups in total. The number of para-hydroxylation sites is 2. The Morgan fingerprint density at radius 2 is 1.25 bits per heavy atom. The third kappa shape index (κ3) is 3.35. The lowest BCUT2D eigenvalue weighted by atomic mass is 10.1. The van der Waals surface area contributed by atoms with E-state index in [4.69, 9.17) is 0 Å². The summed E-state index contributed by atoms with van der Waals surface area (Å²) in [4.78, 5) is 4.58. The molecule has 3 rings (SSSR count). The number of hydrazine groups is 2. The van der Waals surface area contributed by atoms with Gasteiger partial charge in [-0.1, -0.05) is 48.1 Å². The molecule has 0 atom stereocenters. The van der Waals surface area contributed by atoms with Crippen molar-refractivity contribution in [3.8, 4) is 0 Å². The van der Waals surface area contributed by atoms with Gasteiger partial charge in [-0.05, 0) is 18.2 Å². The van der Waals surface area contributed by atoms with Crippen LogP contribution in [0.4, 0.5) is 0 Å². The van der Waals surface area contributed by atoms with Crippen molar-refractivity contribution in [2.24, 2.45) is 11.7 Å². The van der Waals surface area contributed by atoms with E-state index in [0.29, 0.717) is 0 Å². The molecule has 1 heterocycles. The molecule has 0 spiro atoms. The molecule has 1 aromatic heterocycles. The van der Waals surface area contributed by atoms with E-state index in [1.807, 2.05) is 36.4 Å². The fraction of sp³-hybridized carbons (Fsp3) is 0. The maximum absolute atomic E-state index is 9.38. The second-order valence-corrected chi connectivity index (χ2v) is 4.81. The Morgan fingerprint density at radius 1 is 0.850 bits per heavy atom. The van der Waals surface area contributed by atoms with Gasteiger partial charge in [-0.3, -0.25) is 0 Å². The van der Waals surface area contributed by atoms with Gasteiger partial charge >= 0.3 is 10.5 Å². The normalized spacial score (nSPS) is 9.90. The standard InChI is InChI=1S/C13H9N.H4N3O2S/c1-3-7-12-10(5-1)9-11-6-2-4-8-13(11)14-12;1-3(2)6(4)5/h1-9H;1-2H2/q;+1. The highest BCUT2D eigenvalue weighted by molar-refractivity contribution is 7.58. The molecule has 0 radical (unpaired) electrons. The molecule has 0 aliphatic heterocycles. The molecule has 2 aromatic carbocycles. The van der Waals surface area contributed by atoms with E-state index < -0.39 is 10.5 Å². The lowest BCUT2D eigenvalue weighted by Gasteiger charge is -1.99. The summed E-state index contributed by atoms with van der Waals surface area (Å²) < 4.78 is 18.8. The maximum atomic E-state index is 9.38. The zero-order valence-electron chi connectivity index (χ0n) is 10.5. The largest absolute Gasteiger partial charge is 0.507 e. The molecule has 102 valence electrons. The van der Waals surface area contributed by atoms with Gasteiger partial charge in [0.15, 0.2) is 0 Å². The summed E-state index contributed by atoms with van der Waals surface area (Å²) in [5.41, 5.74) is 2.12. The molecular weight excluding hydrogens is 276 g/mol. The van der Waals surface area contributed by atoms with E-state index in [-0.39, 0.29) is 4.16 Å². The highest BCUT2D eigenvalue weighted by atomic mass is 32.2. The average Bonchev–Trinajstić information content (AvgIpc) is 2.45. The number of hydrogen-bond acceptors (Lipinski definition) is 3. The van der Waals surface area contributed by atoms with Crippen LogP contribution in [0.15, 0.2) is 54.6 Å². The summed E-state index contributed by atoms with van der Waals surface area (Å²) in [5.74, 6) is 8.87. The lowest BCUT2D eigenvalue weighted by molar-refractivity contribution is -0.527. The van der Waals surface area contributed by atoms with Gasteiger partial charge in [0, 0.05) is 10.8 Å². The highest BCUT2D eigenvalue weighted by Gasteiger charge is 1.96. The SMILES string of the molecule is N[N+](N)=S(=O)=O.c1ccc2nc3ccccc3cc2c1. The molecule has 7 heteroatoms. The van der Waals surface area contributed by atoms with E-state index in [0.717, 1.165) is 11.0 Å². The van der Waals surface area contributed by atoms with Crippen LogP contribution in [0.5, 0.6) is 0 Å². The van der Waals surface area contributed by atoms with Crippen LogP contribution in [0.1, 0.15) is 0 Å². The molecule has 0 unspecified atom stereocenters. The molecule has 0 aliphatic rings. The average molecular weight is 289 g/mol. The Labute approximate surface area is 116 Å². The van der Waals surface area contributed by atoms with E-state index in [1.54, 1.807) is 0 Å². The Morgan fingerprint density at radius 3 is 1.65 bits per heavy atom. The number of nitrogens with two attached hydrogens (primary N) is 2. The quantitative estimate of drug-likeness (QED) is 0.280. The minimum Gasteiger partial charge on any atom is -0.248 e. The van der Waals surface area contributed by atoms with Crippen molar-refractivity contribution in [1.82, 2.24) is 4.98 Å².